The molecular formula is C22H40IN7. The molecule has 8 heteroatoms. The van der Waals surface area contributed by atoms with E-state index >= 15 is 0 Å². The van der Waals surface area contributed by atoms with Crippen molar-refractivity contribution in [2.45, 2.75) is 38.6 Å². The highest BCUT2D eigenvalue weighted by Crippen LogP contribution is 2.13. The van der Waals surface area contributed by atoms with Gasteiger partial charge in [0.25, 0.3) is 0 Å². The van der Waals surface area contributed by atoms with Crippen LogP contribution < -0.4 is 15.5 Å². The topological polar surface area (TPSA) is 59.0 Å². The van der Waals surface area contributed by atoms with Crippen LogP contribution in [-0.2, 0) is 6.54 Å². The van der Waals surface area contributed by atoms with Gasteiger partial charge >= 0.3 is 0 Å². The third kappa shape index (κ3) is 8.55. The number of aromatic nitrogens is 1. The zero-order chi connectivity index (χ0) is 20.3. The summed E-state index contributed by atoms with van der Waals surface area (Å²) in [6.45, 7) is 9.72. The quantitative estimate of drug-likeness (QED) is 0.245. The Kier molecular flexibility index (Phi) is 11.8. The second kappa shape index (κ2) is 14.0. The zero-order valence-electron chi connectivity index (χ0n) is 18.8. The maximum atomic E-state index is 4.67. The molecule has 7 nitrogen and oxygen atoms in total. The van der Waals surface area contributed by atoms with E-state index < -0.39 is 0 Å². The molecule has 0 spiro atoms. The van der Waals surface area contributed by atoms with Crippen molar-refractivity contribution in [2.75, 3.05) is 71.4 Å². The molecule has 170 valence electrons. The van der Waals surface area contributed by atoms with Crippen molar-refractivity contribution in [2.24, 2.45) is 4.99 Å². The third-order valence-corrected chi connectivity index (χ3v) is 5.96. The van der Waals surface area contributed by atoms with Crippen LogP contribution >= 0.6 is 24.0 Å². The molecule has 3 heterocycles. The van der Waals surface area contributed by atoms with Gasteiger partial charge in [0.2, 0.25) is 0 Å². The van der Waals surface area contributed by atoms with E-state index in [1.807, 2.05) is 13.2 Å². The first-order valence-corrected chi connectivity index (χ1v) is 11.3. The van der Waals surface area contributed by atoms with Crippen LogP contribution in [0.2, 0.25) is 0 Å². The van der Waals surface area contributed by atoms with E-state index in [0.717, 1.165) is 57.5 Å². The molecule has 2 saturated heterocycles. The first kappa shape index (κ1) is 25.1. The number of hydrogen-bond acceptors (Lipinski definition) is 5. The molecule has 2 aliphatic heterocycles. The summed E-state index contributed by atoms with van der Waals surface area (Å²) >= 11 is 0. The number of rotatable bonds is 7. The summed E-state index contributed by atoms with van der Waals surface area (Å²) < 4.78 is 0. The standard InChI is InChI=1S/C22H39N7.HI/c1-23-22(24-10-7-13-28-11-5-3-4-6-12-28)26-19-20-8-9-21(25-18-20)29-16-14-27(2)15-17-29;/h8-9,18H,3-7,10-17,19H2,1-2H3,(H2,23,24,26);1H. The van der Waals surface area contributed by atoms with E-state index in [1.54, 1.807) is 0 Å². The van der Waals surface area contributed by atoms with Crippen LogP contribution in [0.1, 0.15) is 37.7 Å². The average molecular weight is 530 g/mol. The van der Waals surface area contributed by atoms with Gasteiger partial charge in [-0.2, -0.15) is 0 Å². The van der Waals surface area contributed by atoms with Gasteiger partial charge in [-0.3, -0.25) is 4.99 Å². The summed E-state index contributed by atoms with van der Waals surface area (Å²) in [6, 6.07) is 4.31. The third-order valence-electron chi connectivity index (χ3n) is 5.96. The number of pyridine rings is 1. The highest BCUT2D eigenvalue weighted by Gasteiger charge is 2.15. The van der Waals surface area contributed by atoms with Gasteiger partial charge in [0, 0.05) is 52.5 Å². The second-order valence-corrected chi connectivity index (χ2v) is 8.28. The molecule has 3 rings (SSSR count). The van der Waals surface area contributed by atoms with Crippen LogP contribution in [0.5, 0.6) is 0 Å². The molecule has 30 heavy (non-hydrogen) atoms. The van der Waals surface area contributed by atoms with Gasteiger partial charge in [0.1, 0.15) is 5.82 Å². The SMILES string of the molecule is CN=C(NCCCN1CCCCCC1)NCc1ccc(N2CCN(C)CC2)nc1.I. The Balaban J connectivity index is 0.00000320. The fraction of sp³-hybridized carbons (Fsp3) is 0.727. The number of aliphatic imine (C=N–C) groups is 1. The summed E-state index contributed by atoms with van der Waals surface area (Å²) in [4.78, 5) is 16.4. The average Bonchev–Trinajstić information content (AvgIpc) is 3.03. The summed E-state index contributed by atoms with van der Waals surface area (Å²) in [5.41, 5.74) is 1.18. The van der Waals surface area contributed by atoms with Gasteiger partial charge in [0.15, 0.2) is 5.96 Å². The molecule has 0 aromatic carbocycles. The fourth-order valence-electron chi connectivity index (χ4n) is 4.02. The molecule has 0 aliphatic carbocycles. The van der Waals surface area contributed by atoms with Crippen molar-refractivity contribution in [3.63, 3.8) is 0 Å². The van der Waals surface area contributed by atoms with Crippen molar-refractivity contribution >= 4 is 35.8 Å². The van der Waals surface area contributed by atoms with Gasteiger partial charge in [0.05, 0.1) is 0 Å². The van der Waals surface area contributed by atoms with Crippen LogP contribution in [0.4, 0.5) is 5.82 Å². The van der Waals surface area contributed by atoms with Crippen molar-refractivity contribution < 1.29 is 0 Å². The molecule has 1 aromatic rings. The number of halogens is 1. The minimum atomic E-state index is 0. The molecular weight excluding hydrogens is 489 g/mol. The summed E-state index contributed by atoms with van der Waals surface area (Å²) in [6.07, 6.45) is 8.65. The lowest BCUT2D eigenvalue weighted by atomic mass is 10.2. The first-order valence-electron chi connectivity index (χ1n) is 11.3. The van der Waals surface area contributed by atoms with E-state index in [-0.39, 0.29) is 24.0 Å². The first-order chi connectivity index (χ1) is 14.2. The van der Waals surface area contributed by atoms with Crippen molar-refractivity contribution in [3.05, 3.63) is 23.9 Å². The van der Waals surface area contributed by atoms with Crippen LogP contribution in [0.25, 0.3) is 0 Å². The molecule has 1 aromatic heterocycles. The van der Waals surface area contributed by atoms with Gasteiger partial charge in [-0.1, -0.05) is 18.9 Å². The maximum Gasteiger partial charge on any atom is 0.191 e. The van der Waals surface area contributed by atoms with E-state index in [9.17, 15) is 0 Å². The minimum absolute atomic E-state index is 0. The smallest absolute Gasteiger partial charge is 0.191 e. The Hall–Kier alpha value is -1.13. The molecule has 0 bridgehead atoms. The molecule has 2 fully saturated rings. The lowest BCUT2D eigenvalue weighted by molar-refractivity contribution is 0.282. The van der Waals surface area contributed by atoms with Gasteiger partial charge in [-0.25, -0.2) is 4.98 Å². The summed E-state index contributed by atoms with van der Waals surface area (Å²) in [5, 5.41) is 6.84. The highest BCUT2D eigenvalue weighted by atomic mass is 127. The van der Waals surface area contributed by atoms with Crippen LogP contribution in [0.15, 0.2) is 23.3 Å². The predicted molar refractivity (Wildman–Crippen MR) is 137 cm³/mol. The van der Waals surface area contributed by atoms with Gasteiger partial charge in [-0.15, -0.1) is 24.0 Å². The Bertz CT molecular complexity index is 606. The number of likely N-dealkylation sites (tertiary alicyclic amines) is 1. The molecule has 0 radical (unpaired) electrons. The number of hydrogen-bond donors (Lipinski definition) is 2. The highest BCUT2D eigenvalue weighted by molar-refractivity contribution is 14.0. The Morgan fingerprint density at radius 2 is 1.73 bits per heavy atom. The Morgan fingerprint density at radius 3 is 2.37 bits per heavy atom. The number of nitrogens with one attached hydrogen (secondary N) is 2. The van der Waals surface area contributed by atoms with E-state index in [4.69, 9.17) is 0 Å². The number of anilines is 1. The van der Waals surface area contributed by atoms with Crippen molar-refractivity contribution in [1.29, 1.82) is 0 Å². The molecule has 0 atom stereocenters. The Morgan fingerprint density at radius 1 is 1.00 bits per heavy atom. The van der Waals surface area contributed by atoms with Crippen LogP contribution in [0.3, 0.4) is 0 Å². The summed E-state index contributed by atoms with van der Waals surface area (Å²) in [7, 11) is 4.01. The summed E-state index contributed by atoms with van der Waals surface area (Å²) in [5.74, 6) is 1.95. The van der Waals surface area contributed by atoms with E-state index in [1.165, 1.54) is 50.9 Å². The number of guanidine groups is 1. The van der Waals surface area contributed by atoms with Gasteiger partial charge < -0.3 is 25.3 Å². The van der Waals surface area contributed by atoms with Crippen molar-refractivity contribution in [3.8, 4) is 0 Å². The van der Waals surface area contributed by atoms with Crippen molar-refractivity contribution in [1.82, 2.24) is 25.4 Å². The largest absolute Gasteiger partial charge is 0.356 e. The van der Waals surface area contributed by atoms with Crippen LogP contribution in [0, 0.1) is 0 Å². The van der Waals surface area contributed by atoms with E-state index in [2.05, 4.69) is 54.5 Å². The Labute approximate surface area is 199 Å². The molecule has 0 unspecified atom stereocenters. The maximum absolute atomic E-state index is 4.67. The lowest BCUT2D eigenvalue weighted by Gasteiger charge is -2.33. The fourth-order valence-corrected chi connectivity index (χ4v) is 4.02. The second-order valence-electron chi connectivity index (χ2n) is 8.28. The lowest BCUT2D eigenvalue weighted by Crippen LogP contribution is -2.44. The molecule has 0 saturated carbocycles. The molecule has 2 N–H and O–H groups in total. The predicted octanol–water partition coefficient (Wildman–Crippen LogP) is 2.38. The van der Waals surface area contributed by atoms with Crippen LogP contribution in [-0.4, -0.2) is 87.2 Å². The normalized spacial score (nSPS) is 19.1. The molecule has 2 aliphatic rings. The molecule has 0 amide bonds. The minimum Gasteiger partial charge on any atom is -0.356 e. The number of likely N-dealkylation sites (N-methyl/N-ethyl adjacent to an activating group) is 1. The van der Waals surface area contributed by atoms with E-state index in [0.29, 0.717) is 0 Å². The number of nitrogens with zero attached hydrogens (tertiary/aromatic N) is 5. The monoisotopic (exact) mass is 529 g/mol. The number of piperazine rings is 1. The zero-order valence-corrected chi connectivity index (χ0v) is 21.1. The van der Waals surface area contributed by atoms with Gasteiger partial charge in [-0.05, 0) is 57.6 Å².